The van der Waals surface area contributed by atoms with E-state index in [0.29, 0.717) is 0 Å². The molecule has 3 heteroatoms. The zero-order valence-corrected chi connectivity index (χ0v) is 27.8. The minimum absolute atomic E-state index is 0.865. The summed E-state index contributed by atoms with van der Waals surface area (Å²) in [5.41, 5.74) is 13.1. The van der Waals surface area contributed by atoms with Crippen LogP contribution < -0.4 is 4.90 Å². The Morgan fingerprint density at radius 1 is 0.373 bits per heavy atom. The number of rotatable bonds is 6. The molecule has 3 nitrogen and oxygen atoms in total. The molecule has 0 spiro atoms. The maximum Gasteiger partial charge on any atom is 0.137 e. The summed E-state index contributed by atoms with van der Waals surface area (Å²) in [6.45, 7) is 0. The van der Waals surface area contributed by atoms with Gasteiger partial charge in [0.15, 0.2) is 0 Å². The number of furan rings is 1. The molecule has 0 aliphatic carbocycles. The van der Waals surface area contributed by atoms with E-state index in [2.05, 4.69) is 191 Å². The first-order chi connectivity index (χ1) is 25.3. The Labute approximate surface area is 295 Å². The minimum atomic E-state index is 0.865. The van der Waals surface area contributed by atoms with Crippen LogP contribution in [0.5, 0.6) is 0 Å². The van der Waals surface area contributed by atoms with Crippen LogP contribution in [-0.4, -0.2) is 4.57 Å². The second-order valence-corrected chi connectivity index (χ2v) is 12.9. The van der Waals surface area contributed by atoms with Crippen molar-refractivity contribution in [2.45, 2.75) is 0 Å². The van der Waals surface area contributed by atoms with Gasteiger partial charge in [0.1, 0.15) is 11.2 Å². The maximum absolute atomic E-state index is 6.42. The van der Waals surface area contributed by atoms with Gasteiger partial charge in [-0.25, -0.2) is 0 Å². The van der Waals surface area contributed by atoms with Gasteiger partial charge < -0.3 is 13.9 Å². The van der Waals surface area contributed by atoms with Gasteiger partial charge in [0.05, 0.1) is 22.4 Å². The van der Waals surface area contributed by atoms with Crippen molar-refractivity contribution in [2.24, 2.45) is 0 Å². The molecule has 51 heavy (non-hydrogen) atoms. The topological polar surface area (TPSA) is 21.3 Å². The molecule has 240 valence electrons. The lowest BCUT2D eigenvalue weighted by Gasteiger charge is -2.28. The third-order valence-electron chi connectivity index (χ3n) is 9.99. The Kier molecular flexibility index (Phi) is 6.81. The zero-order valence-electron chi connectivity index (χ0n) is 27.8. The van der Waals surface area contributed by atoms with Crippen molar-refractivity contribution in [3.8, 4) is 27.9 Å². The minimum Gasteiger partial charge on any atom is -0.456 e. The van der Waals surface area contributed by atoms with E-state index in [4.69, 9.17) is 4.42 Å². The van der Waals surface area contributed by atoms with Gasteiger partial charge in [-0.15, -0.1) is 0 Å². The lowest BCUT2D eigenvalue weighted by atomic mass is 9.99. The van der Waals surface area contributed by atoms with Crippen molar-refractivity contribution in [3.63, 3.8) is 0 Å². The molecule has 0 amide bonds. The Bertz CT molecular complexity index is 2830. The lowest BCUT2D eigenvalue weighted by Crippen LogP contribution is -2.11. The van der Waals surface area contributed by atoms with Crippen LogP contribution in [0.2, 0.25) is 0 Å². The molecular formula is C48H32N2O. The largest absolute Gasteiger partial charge is 0.456 e. The van der Waals surface area contributed by atoms with Gasteiger partial charge in [-0.2, -0.15) is 0 Å². The zero-order chi connectivity index (χ0) is 33.7. The molecule has 0 bridgehead atoms. The average Bonchev–Trinajstić information content (AvgIpc) is 3.74. The van der Waals surface area contributed by atoms with Gasteiger partial charge in [-0.3, -0.25) is 0 Å². The summed E-state index contributed by atoms with van der Waals surface area (Å²) < 4.78 is 8.83. The van der Waals surface area contributed by atoms with E-state index < -0.39 is 0 Å². The third-order valence-corrected chi connectivity index (χ3v) is 9.99. The van der Waals surface area contributed by atoms with Crippen molar-refractivity contribution in [1.82, 2.24) is 4.57 Å². The molecule has 0 aliphatic heterocycles. The van der Waals surface area contributed by atoms with E-state index in [0.717, 1.165) is 66.9 Å². The lowest BCUT2D eigenvalue weighted by molar-refractivity contribution is 0.669. The normalized spacial score (nSPS) is 11.5. The number of anilines is 3. The predicted molar refractivity (Wildman–Crippen MR) is 214 cm³/mol. The number of hydrogen-bond donors (Lipinski definition) is 0. The van der Waals surface area contributed by atoms with Gasteiger partial charge in [-0.05, 0) is 65.7 Å². The Morgan fingerprint density at radius 2 is 0.961 bits per heavy atom. The molecule has 0 saturated heterocycles. The molecule has 0 N–H and O–H groups in total. The molecule has 0 aliphatic rings. The van der Waals surface area contributed by atoms with Crippen LogP contribution in [-0.2, 0) is 0 Å². The first-order valence-corrected chi connectivity index (χ1v) is 17.4. The first-order valence-electron chi connectivity index (χ1n) is 17.4. The molecule has 0 fully saturated rings. The van der Waals surface area contributed by atoms with Crippen LogP contribution in [0.15, 0.2) is 199 Å². The van der Waals surface area contributed by atoms with Gasteiger partial charge in [0.2, 0.25) is 0 Å². The van der Waals surface area contributed by atoms with Crippen molar-refractivity contribution in [2.75, 3.05) is 4.90 Å². The van der Waals surface area contributed by atoms with Crippen molar-refractivity contribution >= 4 is 60.8 Å². The molecular weight excluding hydrogens is 621 g/mol. The van der Waals surface area contributed by atoms with E-state index >= 15 is 0 Å². The van der Waals surface area contributed by atoms with Gasteiger partial charge in [0, 0.05) is 50.1 Å². The van der Waals surface area contributed by atoms with E-state index in [-0.39, 0.29) is 0 Å². The summed E-state index contributed by atoms with van der Waals surface area (Å²) in [6.07, 6.45) is 0. The monoisotopic (exact) mass is 652 g/mol. The SMILES string of the molecule is c1ccc(-c2ccccc2N(c2cccc(-c3ccccc3-n3c4ccccc4c4ccccc43)c2)c2ccc3c(c2)oc2ccccc23)cc1. The highest BCUT2D eigenvalue weighted by atomic mass is 16.3. The summed E-state index contributed by atoms with van der Waals surface area (Å²) in [5.74, 6) is 0. The summed E-state index contributed by atoms with van der Waals surface area (Å²) in [6, 6.07) is 69.2. The Hall–Kier alpha value is -6.84. The van der Waals surface area contributed by atoms with Crippen LogP contribution >= 0.6 is 0 Å². The second-order valence-electron chi connectivity index (χ2n) is 12.9. The van der Waals surface area contributed by atoms with E-state index in [1.54, 1.807) is 0 Å². The summed E-state index contributed by atoms with van der Waals surface area (Å²) in [7, 11) is 0. The first kappa shape index (κ1) is 29.1. The highest BCUT2D eigenvalue weighted by Gasteiger charge is 2.21. The highest BCUT2D eigenvalue weighted by molar-refractivity contribution is 6.10. The van der Waals surface area contributed by atoms with Crippen LogP contribution in [0, 0.1) is 0 Å². The van der Waals surface area contributed by atoms with Crippen LogP contribution in [0.25, 0.3) is 71.7 Å². The summed E-state index contributed by atoms with van der Waals surface area (Å²) in [5, 5.41) is 4.74. The van der Waals surface area contributed by atoms with Crippen LogP contribution in [0.3, 0.4) is 0 Å². The van der Waals surface area contributed by atoms with E-state index in [9.17, 15) is 0 Å². The van der Waals surface area contributed by atoms with Crippen molar-refractivity contribution in [3.05, 3.63) is 194 Å². The van der Waals surface area contributed by atoms with Crippen molar-refractivity contribution in [1.29, 1.82) is 0 Å². The van der Waals surface area contributed by atoms with Crippen LogP contribution in [0.1, 0.15) is 0 Å². The smallest absolute Gasteiger partial charge is 0.137 e. The highest BCUT2D eigenvalue weighted by Crippen LogP contribution is 2.44. The van der Waals surface area contributed by atoms with E-state index in [1.807, 2.05) is 12.1 Å². The number of fused-ring (bicyclic) bond motifs is 6. The number of aromatic nitrogens is 1. The van der Waals surface area contributed by atoms with Gasteiger partial charge >= 0.3 is 0 Å². The molecule has 0 unspecified atom stereocenters. The molecule has 10 rings (SSSR count). The number of para-hydroxylation sites is 5. The molecule has 2 heterocycles. The summed E-state index contributed by atoms with van der Waals surface area (Å²) in [4.78, 5) is 2.36. The number of nitrogens with zero attached hydrogens (tertiary/aromatic N) is 2. The average molecular weight is 653 g/mol. The standard InChI is InChI=1S/C48H32N2O/c1-2-15-33(16-3-1)37-19-4-9-24-43(37)49(36-29-30-42-41-23-8-13-28-47(41)51-48(42)32-36)35-18-14-17-34(31-35)38-20-5-10-25-44(38)50-45-26-11-6-21-39(45)40-22-7-12-27-46(40)50/h1-32H. The molecule has 0 radical (unpaired) electrons. The molecule has 8 aromatic carbocycles. The fourth-order valence-corrected chi connectivity index (χ4v) is 7.72. The van der Waals surface area contributed by atoms with E-state index in [1.165, 1.54) is 21.8 Å². The quantitative estimate of drug-likeness (QED) is 0.178. The van der Waals surface area contributed by atoms with Gasteiger partial charge in [-0.1, -0.05) is 133 Å². The number of hydrogen-bond acceptors (Lipinski definition) is 2. The molecule has 10 aromatic rings. The Morgan fingerprint density at radius 3 is 1.76 bits per heavy atom. The summed E-state index contributed by atoms with van der Waals surface area (Å²) >= 11 is 0. The number of benzene rings is 8. The third kappa shape index (κ3) is 4.82. The predicted octanol–water partition coefficient (Wildman–Crippen LogP) is 13.5. The molecule has 2 aromatic heterocycles. The maximum atomic E-state index is 6.42. The fourth-order valence-electron chi connectivity index (χ4n) is 7.72. The van der Waals surface area contributed by atoms with Crippen LogP contribution in [0.4, 0.5) is 17.1 Å². The Balaban J connectivity index is 1.19. The molecule has 0 saturated carbocycles. The fraction of sp³-hybridized carbons (Fsp3) is 0. The second kappa shape index (κ2) is 11.9. The molecule has 0 atom stereocenters. The van der Waals surface area contributed by atoms with Gasteiger partial charge in [0.25, 0.3) is 0 Å². The van der Waals surface area contributed by atoms with Crippen molar-refractivity contribution < 1.29 is 4.42 Å².